The van der Waals surface area contributed by atoms with E-state index in [1.165, 1.54) is 62.5 Å². The number of hydrogen-bond acceptors (Lipinski definition) is 0. The van der Waals surface area contributed by atoms with Crippen LogP contribution in [-0.4, -0.2) is 30.2 Å². The van der Waals surface area contributed by atoms with Gasteiger partial charge in [0.15, 0.2) is 0 Å². The maximum absolute atomic E-state index is 2.59. The Labute approximate surface area is 106 Å². The first-order chi connectivity index (χ1) is 8.09. The highest BCUT2D eigenvalue weighted by atomic mass is 15.4. The molecule has 1 nitrogen and oxygen atoms in total. The van der Waals surface area contributed by atoms with Crippen molar-refractivity contribution >= 4 is 0 Å². The third-order valence-corrected chi connectivity index (χ3v) is 6.38. The van der Waals surface area contributed by atoms with Crippen LogP contribution in [0.3, 0.4) is 0 Å². The monoisotopic (exact) mass is 234 g/mol. The molecular formula is C16H28N+. The predicted molar refractivity (Wildman–Crippen MR) is 72.8 cm³/mol. The predicted octanol–water partition coefficient (Wildman–Crippen LogP) is 3.90. The van der Waals surface area contributed by atoms with Gasteiger partial charge in [-0.25, -0.2) is 0 Å². The molecule has 2 aliphatic heterocycles. The van der Waals surface area contributed by atoms with Crippen LogP contribution in [0, 0.1) is 5.92 Å². The summed E-state index contributed by atoms with van der Waals surface area (Å²) in [6.45, 7) is 7.81. The number of piperidine rings is 1. The first-order valence-corrected chi connectivity index (χ1v) is 7.65. The first kappa shape index (κ1) is 11.8. The molecule has 1 heteroatoms. The Balaban J connectivity index is 1.99. The zero-order valence-electron chi connectivity index (χ0n) is 11.9. The number of hydrogen-bond donors (Lipinski definition) is 0. The van der Waals surface area contributed by atoms with Gasteiger partial charge in [0.05, 0.1) is 20.1 Å². The van der Waals surface area contributed by atoms with Crippen molar-refractivity contribution in [2.75, 3.05) is 20.1 Å². The standard InChI is InChI=1S/C16H28N/c1-4-13-8-10-17(3)11-9-14-6-5-7-15(14)16(17,2)12-13/h13H,4-12H2,1-3H3/q+1/t13-,16-,17?/m0/s1. The van der Waals surface area contributed by atoms with Crippen LogP contribution >= 0.6 is 0 Å². The van der Waals surface area contributed by atoms with Crippen LogP contribution in [-0.2, 0) is 0 Å². The molecule has 17 heavy (non-hydrogen) atoms. The Kier molecular flexibility index (Phi) is 2.66. The number of likely N-dealkylation sites (N-methyl/N-ethyl adjacent to an activating group) is 1. The fourth-order valence-corrected chi connectivity index (χ4v) is 4.87. The number of nitrogens with zero attached hydrogens (tertiary/aromatic N) is 1. The van der Waals surface area contributed by atoms with E-state index in [1.54, 1.807) is 0 Å². The molecule has 0 N–H and O–H groups in total. The van der Waals surface area contributed by atoms with Gasteiger partial charge >= 0.3 is 0 Å². The molecule has 3 atom stereocenters. The second-order valence-corrected chi connectivity index (χ2v) is 7.07. The maximum Gasteiger partial charge on any atom is 0.118 e. The number of quaternary nitrogens is 1. The minimum Gasteiger partial charge on any atom is -0.318 e. The van der Waals surface area contributed by atoms with Crippen molar-refractivity contribution in [2.24, 2.45) is 5.92 Å². The molecule has 0 aromatic heterocycles. The molecule has 3 rings (SSSR count). The summed E-state index contributed by atoms with van der Waals surface area (Å²) in [5.41, 5.74) is 4.26. The molecule has 0 aromatic carbocycles. The summed E-state index contributed by atoms with van der Waals surface area (Å²) in [6, 6.07) is 0. The minimum atomic E-state index is 0.503. The molecule has 1 unspecified atom stereocenters. The molecule has 2 heterocycles. The van der Waals surface area contributed by atoms with E-state index < -0.39 is 0 Å². The Morgan fingerprint density at radius 1 is 1.24 bits per heavy atom. The van der Waals surface area contributed by atoms with Crippen LogP contribution in [0.5, 0.6) is 0 Å². The number of rotatable bonds is 1. The third-order valence-electron chi connectivity index (χ3n) is 6.38. The van der Waals surface area contributed by atoms with Gasteiger partial charge in [-0.15, -0.1) is 0 Å². The fourth-order valence-electron chi connectivity index (χ4n) is 4.87. The molecular weight excluding hydrogens is 206 g/mol. The van der Waals surface area contributed by atoms with Crippen LogP contribution in [0.25, 0.3) is 0 Å². The summed E-state index contributed by atoms with van der Waals surface area (Å²) in [4.78, 5) is 0. The van der Waals surface area contributed by atoms with Gasteiger partial charge in [-0.05, 0) is 44.1 Å². The van der Waals surface area contributed by atoms with E-state index in [9.17, 15) is 0 Å². The smallest absolute Gasteiger partial charge is 0.118 e. The van der Waals surface area contributed by atoms with Crippen molar-refractivity contribution in [1.29, 1.82) is 0 Å². The van der Waals surface area contributed by atoms with Gasteiger partial charge in [0.25, 0.3) is 0 Å². The Morgan fingerprint density at radius 3 is 2.82 bits per heavy atom. The quantitative estimate of drug-likeness (QED) is 0.477. The van der Waals surface area contributed by atoms with Gasteiger partial charge in [-0.1, -0.05) is 18.9 Å². The molecule has 0 radical (unpaired) electrons. The summed E-state index contributed by atoms with van der Waals surface area (Å²) < 4.78 is 1.35. The van der Waals surface area contributed by atoms with Crippen molar-refractivity contribution in [1.82, 2.24) is 0 Å². The van der Waals surface area contributed by atoms with Crippen molar-refractivity contribution in [2.45, 2.75) is 64.3 Å². The maximum atomic E-state index is 2.59. The SMILES string of the molecule is CC[C@H]1CC[N+]2(C)CCC3=C(CCC3)[C@]2(C)C1. The van der Waals surface area contributed by atoms with E-state index in [1.807, 2.05) is 11.1 Å². The van der Waals surface area contributed by atoms with Crippen molar-refractivity contribution in [3.63, 3.8) is 0 Å². The highest BCUT2D eigenvalue weighted by Crippen LogP contribution is 2.51. The van der Waals surface area contributed by atoms with E-state index in [-0.39, 0.29) is 0 Å². The van der Waals surface area contributed by atoms with Gasteiger partial charge < -0.3 is 4.48 Å². The summed E-state index contributed by atoms with van der Waals surface area (Å²) in [6.07, 6.45) is 9.98. The minimum absolute atomic E-state index is 0.503. The summed E-state index contributed by atoms with van der Waals surface area (Å²) in [5, 5.41) is 0. The summed E-state index contributed by atoms with van der Waals surface area (Å²) >= 11 is 0. The highest BCUT2D eigenvalue weighted by molar-refractivity contribution is 5.30. The second kappa shape index (κ2) is 3.85. The zero-order valence-corrected chi connectivity index (χ0v) is 11.9. The molecule has 3 aliphatic rings. The van der Waals surface area contributed by atoms with Crippen LogP contribution in [0.15, 0.2) is 11.1 Å². The Bertz CT molecular complexity index is 357. The van der Waals surface area contributed by atoms with Gasteiger partial charge in [0, 0.05) is 12.8 Å². The largest absolute Gasteiger partial charge is 0.318 e. The molecule has 96 valence electrons. The lowest BCUT2D eigenvalue weighted by Crippen LogP contribution is -2.67. The highest BCUT2D eigenvalue weighted by Gasteiger charge is 2.54. The lowest BCUT2D eigenvalue weighted by molar-refractivity contribution is -0.959. The topological polar surface area (TPSA) is 0 Å². The average Bonchev–Trinajstić information content (AvgIpc) is 2.79. The second-order valence-electron chi connectivity index (χ2n) is 7.07. The Hall–Kier alpha value is -0.300. The summed E-state index contributed by atoms with van der Waals surface area (Å²) in [5.74, 6) is 0.985. The van der Waals surface area contributed by atoms with E-state index in [2.05, 4.69) is 20.9 Å². The third kappa shape index (κ3) is 1.54. The molecule has 0 bridgehead atoms. The Morgan fingerprint density at radius 2 is 2.06 bits per heavy atom. The van der Waals surface area contributed by atoms with Gasteiger partial charge in [-0.2, -0.15) is 0 Å². The molecule has 1 fully saturated rings. The van der Waals surface area contributed by atoms with Gasteiger partial charge in [0.1, 0.15) is 5.54 Å². The molecule has 0 aromatic rings. The fraction of sp³-hybridized carbons (Fsp3) is 0.875. The first-order valence-electron chi connectivity index (χ1n) is 7.65. The van der Waals surface area contributed by atoms with Crippen molar-refractivity contribution in [3.8, 4) is 0 Å². The zero-order chi connectivity index (χ0) is 12.1. The molecule has 0 spiro atoms. The lowest BCUT2D eigenvalue weighted by atomic mass is 9.70. The van der Waals surface area contributed by atoms with E-state index in [0.717, 1.165) is 5.92 Å². The van der Waals surface area contributed by atoms with E-state index in [4.69, 9.17) is 0 Å². The van der Waals surface area contributed by atoms with Crippen molar-refractivity contribution < 1.29 is 4.48 Å². The molecule has 0 amide bonds. The van der Waals surface area contributed by atoms with Crippen molar-refractivity contribution in [3.05, 3.63) is 11.1 Å². The molecule has 1 saturated heterocycles. The van der Waals surface area contributed by atoms with Gasteiger partial charge in [0.2, 0.25) is 0 Å². The number of fused-ring (bicyclic) bond motifs is 2. The normalized spacial score (nSPS) is 45.7. The van der Waals surface area contributed by atoms with Gasteiger partial charge in [-0.3, -0.25) is 0 Å². The lowest BCUT2D eigenvalue weighted by Gasteiger charge is -2.57. The molecule has 0 saturated carbocycles. The van der Waals surface area contributed by atoms with Crippen LogP contribution in [0.4, 0.5) is 0 Å². The average molecular weight is 234 g/mol. The summed E-state index contributed by atoms with van der Waals surface area (Å²) in [7, 11) is 2.54. The van der Waals surface area contributed by atoms with E-state index >= 15 is 0 Å². The van der Waals surface area contributed by atoms with Crippen LogP contribution < -0.4 is 0 Å². The van der Waals surface area contributed by atoms with Crippen LogP contribution in [0.1, 0.15) is 58.8 Å². The van der Waals surface area contributed by atoms with Crippen LogP contribution in [0.2, 0.25) is 0 Å². The van der Waals surface area contributed by atoms with E-state index in [0.29, 0.717) is 5.54 Å². The molecule has 1 aliphatic carbocycles.